The second-order valence-electron chi connectivity index (χ2n) is 5.43. The fourth-order valence-electron chi connectivity index (χ4n) is 2.64. The number of rotatable bonds is 4. The minimum Gasteiger partial charge on any atom is -0.494 e. The van der Waals surface area contributed by atoms with Crippen molar-refractivity contribution in [3.05, 3.63) is 52.4 Å². The Kier molecular flexibility index (Phi) is 4.33. The topological polar surface area (TPSA) is 91.5 Å². The molecule has 0 atom stereocenters. The number of ether oxygens (including phenoxy) is 1. The Morgan fingerprint density at radius 1 is 1.25 bits per heavy atom. The molecule has 1 fully saturated rings. The van der Waals surface area contributed by atoms with Crippen molar-refractivity contribution in [2.45, 2.75) is 12.8 Å². The average Bonchev–Trinajstić information content (AvgIpc) is 3.01. The molecule has 2 heterocycles. The van der Waals surface area contributed by atoms with Crippen molar-refractivity contribution in [2.24, 2.45) is 0 Å². The summed E-state index contributed by atoms with van der Waals surface area (Å²) in [6.07, 6.45) is 2.71. The lowest BCUT2D eigenvalue weighted by Gasteiger charge is -2.19. The smallest absolute Gasteiger partial charge is 0.257 e. The number of carbonyl (C=O) groups is 2. The number of H-pyrrole nitrogens is 1. The Hall–Kier alpha value is -3.09. The van der Waals surface area contributed by atoms with Crippen molar-refractivity contribution < 1.29 is 14.3 Å². The van der Waals surface area contributed by atoms with E-state index < -0.39 is 0 Å². The third-order valence-electron chi connectivity index (χ3n) is 3.85. The summed E-state index contributed by atoms with van der Waals surface area (Å²) in [6, 6.07) is 7.88. The Labute approximate surface area is 138 Å². The molecule has 0 bridgehead atoms. The highest BCUT2D eigenvalue weighted by Crippen LogP contribution is 2.33. The molecule has 1 aromatic carbocycles. The van der Waals surface area contributed by atoms with Crippen molar-refractivity contribution in [3.8, 4) is 5.75 Å². The summed E-state index contributed by atoms with van der Waals surface area (Å²) in [6.45, 7) is 0.665. The van der Waals surface area contributed by atoms with E-state index in [1.807, 2.05) is 0 Å². The second-order valence-corrected chi connectivity index (χ2v) is 5.43. The van der Waals surface area contributed by atoms with E-state index >= 15 is 0 Å². The van der Waals surface area contributed by atoms with Gasteiger partial charge in [0.05, 0.1) is 18.4 Å². The normalized spacial score (nSPS) is 13.9. The van der Waals surface area contributed by atoms with Gasteiger partial charge in [-0.2, -0.15) is 0 Å². The summed E-state index contributed by atoms with van der Waals surface area (Å²) < 4.78 is 5.36. The largest absolute Gasteiger partial charge is 0.494 e. The molecule has 0 radical (unpaired) electrons. The van der Waals surface area contributed by atoms with Crippen LogP contribution in [0.25, 0.3) is 0 Å². The highest BCUT2D eigenvalue weighted by molar-refractivity contribution is 6.04. The fraction of sp³-hybridized carbons (Fsp3) is 0.235. The van der Waals surface area contributed by atoms with Crippen molar-refractivity contribution in [1.82, 2.24) is 4.98 Å². The Balaban J connectivity index is 1.81. The highest BCUT2D eigenvalue weighted by Gasteiger charge is 2.24. The molecule has 0 spiro atoms. The number of hydrogen-bond acceptors (Lipinski definition) is 4. The second kappa shape index (κ2) is 6.57. The predicted molar refractivity (Wildman–Crippen MR) is 89.6 cm³/mol. The SMILES string of the molecule is COc1cc(NC(=O)c2ccc(=O)[nH]c2)ccc1N1CCCC1=O. The molecule has 0 aliphatic carbocycles. The zero-order chi connectivity index (χ0) is 17.1. The molecule has 2 aromatic rings. The van der Waals surface area contributed by atoms with E-state index in [2.05, 4.69) is 10.3 Å². The average molecular weight is 327 g/mol. The summed E-state index contributed by atoms with van der Waals surface area (Å²) in [7, 11) is 1.52. The van der Waals surface area contributed by atoms with E-state index in [0.29, 0.717) is 35.7 Å². The van der Waals surface area contributed by atoms with E-state index in [1.54, 1.807) is 23.1 Å². The highest BCUT2D eigenvalue weighted by atomic mass is 16.5. The Bertz CT molecular complexity index is 823. The van der Waals surface area contributed by atoms with E-state index in [0.717, 1.165) is 6.42 Å². The minimum absolute atomic E-state index is 0.0679. The fourth-order valence-corrected chi connectivity index (χ4v) is 2.64. The first-order valence-corrected chi connectivity index (χ1v) is 7.57. The molecule has 2 N–H and O–H groups in total. The number of aromatic amines is 1. The van der Waals surface area contributed by atoms with Gasteiger partial charge < -0.3 is 19.9 Å². The van der Waals surface area contributed by atoms with Crippen molar-refractivity contribution in [3.63, 3.8) is 0 Å². The van der Waals surface area contributed by atoms with Crippen LogP contribution in [0.3, 0.4) is 0 Å². The van der Waals surface area contributed by atoms with Gasteiger partial charge in [-0.3, -0.25) is 14.4 Å². The third-order valence-corrected chi connectivity index (χ3v) is 3.85. The number of carbonyl (C=O) groups excluding carboxylic acids is 2. The number of methoxy groups -OCH3 is 1. The Morgan fingerprint density at radius 3 is 2.71 bits per heavy atom. The van der Waals surface area contributed by atoms with Crippen LogP contribution in [0, 0.1) is 0 Å². The monoisotopic (exact) mass is 327 g/mol. The van der Waals surface area contributed by atoms with Crippen LogP contribution in [0.2, 0.25) is 0 Å². The molecule has 0 unspecified atom stereocenters. The molecule has 24 heavy (non-hydrogen) atoms. The molecular formula is C17H17N3O4. The van der Waals surface area contributed by atoms with E-state index in [4.69, 9.17) is 4.74 Å². The van der Waals surface area contributed by atoms with Gasteiger partial charge in [-0.1, -0.05) is 0 Å². The van der Waals surface area contributed by atoms with Gasteiger partial charge in [-0.05, 0) is 24.6 Å². The number of hydrogen-bond donors (Lipinski definition) is 2. The van der Waals surface area contributed by atoms with Gasteiger partial charge in [0.2, 0.25) is 11.5 Å². The van der Waals surface area contributed by atoms with E-state index in [-0.39, 0.29) is 17.4 Å². The van der Waals surface area contributed by atoms with Crippen LogP contribution < -0.4 is 20.5 Å². The molecule has 2 amide bonds. The molecule has 0 saturated carbocycles. The number of nitrogens with one attached hydrogen (secondary N) is 2. The van der Waals surface area contributed by atoms with Crippen LogP contribution in [-0.2, 0) is 4.79 Å². The summed E-state index contributed by atoms with van der Waals surface area (Å²) in [5.74, 6) is 0.237. The minimum atomic E-state index is -0.349. The van der Waals surface area contributed by atoms with Gasteiger partial charge in [0.15, 0.2) is 0 Å². The van der Waals surface area contributed by atoms with Crippen LogP contribution in [0.15, 0.2) is 41.3 Å². The van der Waals surface area contributed by atoms with Gasteiger partial charge >= 0.3 is 0 Å². The molecule has 7 heteroatoms. The molecule has 7 nitrogen and oxygen atoms in total. The number of nitrogens with zero attached hydrogens (tertiary/aromatic N) is 1. The zero-order valence-electron chi connectivity index (χ0n) is 13.2. The number of pyridine rings is 1. The van der Waals surface area contributed by atoms with Gasteiger partial charge in [0.25, 0.3) is 5.91 Å². The third kappa shape index (κ3) is 3.15. The molecule has 3 rings (SSSR count). The van der Waals surface area contributed by atoms with Gasteiger partial charge in [-0.15, -0.1) is 0 Å². The summed E-state index contributed by atoms with van der Waals surface area (Å²) in [5.41, 5.74) is 1.31. The number of benzene rings is 1. The molecule has 1 aromatic heterocycles. The maximum absolute atomic E-state index is 12.2. The summed E-state index contributed by atoms with van der Waals surface area (Å²) in [4.78, 5) is 39.3. The van der Waals surface area contributed by atoms with Gasteiger partial charge in [-0.25, -0.2) is 0 Å². The van der Waals surface area contributed by atoms with Crippen molar-refractivity contribution >= 4 is 23.2 Å². The van der Waals surface area contributed by atoms with Crippen LogP contribution in [-0.4, -0.2) is 30.5 Å². The first-order valence-electron chi connectivity index (χ1n) is 7.57. The standard InChI is InChI=1S/C17H17N3O4/c1-24-14-9-12(5-6-13(14)20-8-2-3-16(20)22)19-17(23)11-4-7-15(21)18-10-11/h4-7,9-10H,2-3,8H2,1H3,(H,18,21)(H,19,23). The number of aromatic nitrogens is 1. The molecule has 1 saturated heterocycles. The summed E-state index contributed by atoms with van der Waals surface area (Å²) in [5, 5.41) is 2.74. The predicted octanol–water partition coefficient (Wildman–Crippen LogP) is 1.76. The maximum Gasteiger partial charge on any atom is 0.257 e. The molecule has 1 aliphatic rings. The van der Waals surface area contributed by atoms with Crippen molar-refractivity contribution in [2.75, 3.05) is 23.9 Å². The van der Waals surface area contributed by atoms with Crippen LogP contribution in [0.5, 0.6) is 5.75 Å². The number of amides is 2. The van der Waals surface area contributed by atoms with Crippen LogP contribution >= 0.6 is 0 Å². The summed E-state index contributed by atoms with van der Waals surface area (Å²) >= 11 is 0. The van der Waals surface area contributed by atoms with E-state index in [1.165, 1.54) is 25.4 Å². The lowest BCUT2D eigenvalue weighted by Crippen LogP contribution is -2.24. The Morgan fingerprint density at radius 2 is 2.08 bits per heavy atom. The molecular weight excluding hydrogens is 310 g/mol. The van der Waals surface area contributed by atoms with Gasteiger partial charge in [0.1, 0.15) is 5.75 Å². The van der Waals surface area contributed by atoms with Crippen LogP contribution in [0.4, 0.5) is 11.4 Å². The lowest BCUT2D eigenvalue weighted by atomic mass is 10.2. The lowest BCUT2D eigenvalue weighted by molar-refractivity contribution is -0.117. The van der Waals surface area contributed by atoms with E-state index in [9.17, 15) is 14.4 Å². The maximum atomic E-state index is 12.2. The van der Waals surface area contributed by atoms with Crippen molar-refractivity contribution in [1.29, 1.82) is 0 Å². The number of anilines is 2. The quantitative estimate of drug-likeness (QED) is 0.895. The first-order chi connectivity index (χ1) is 11.6. The van der Waals surface area contributed by atoms with Gasteiger partial charge in [0, 0.05) is 37.0 Å². The molecule has 1 aliphatic heterocycles. The zero-order valence-corrected chi connectivity index (χ0v) is 13.2. The first kappa shape index (κ1) is 15.8. The molecule has 124 valence electrons. The van der Waals surface area contributed by atoms with Crippen LogP contribution in [0.1, 0.15) is 23.2 Å².